The molecule has 0 spiro atoms. The van der Waals surface area contributed by atoms with Gasteiger partial charge in [-0.15, -0.1) is 0 Å². The first-order valence-corrected chi connectivity index (χ1v) is 11.0. The first-order valence-electron chi connectivity index (χ1n) is 11.0. The number of benzene rings is 2. The van der Waals surface area contributed by atoms with Crippen LogP contribution in [0.3, 0.4) is 0 Å². The number of piperazine rings is 1. The van der Waals surface area contributed by atoms with Crippen LogP contribution in [0.5, 0.6) is 0 Å². The van der Waals surface area contributed by atoms with Crippen molar-refractivity contribution in [1.29, 1.82) is 0 Å². The molecule has 1 saturated heterocycles. The van der Waals surface area contributed by atoms with Crippen LogP contribution in [-0.2, 0) is 0 Å². The molecule has 1 amide bonds. The third-order valence-electron chi connectivity index (χ3n) is 6.12. The van der Waals surface area contributed by atoms with Crippen molar-refractivity contribution in [2.75, 3.05) is 43.4 Å². The molecule has 33 heavy (non-hydrogen) atoms. The van der Waals surface area contributed by atoms with E-state index in [2.05, 4.69) is 39.3 Å². The van der Waals surface area contributed by atoms with Gasteiger partial charge in [0, 0.05) is 60.9 Å². The Morgan fingerprint density at radius 2 is 1.85 bits per heavy atom. The number of nitrogens with zero attached hydrogens (tertiary/aromatic N) is 5. The monoisotopic (exact) mass is 441 g/mol. The fourth-order valence-electron chi connectivity index (χ4n) is 4.26. The third-order valence-corrected chi connectivity index (χ3v) is 6.12. The normalized spacial score (nSPS) is 14.5. The zero-order valence-electron chi connectivity index (χ0n) is 18.8. The average molecular weight is 442 g/mol. The minimum Gasteiger partial charge on any atom is -0.369 e. The second-order valence-corrected chi connectivity index (χ2v) is 8.46. The van der Waals surface area contributed by atoms with E-state index in [4.69, 9.17) is 10.7 Å². The summed E-state index contributed by atoms with van der Waals surface area (Å²) < 4.78 is 1.90. The lowest BCUT2D eigenvalue weighted by molar-refractivity contribution is 0.100. The molecule has 0 saturated carbocycles. The first-order chi connectivity index (χ1) is 16.0. The van der Waals surface area contributed by atoms with E-state index >= 15 is 0 Å². The Hall–Kier alpha value is -3.91. The molecule has 1 aliphatic heterocycles. The molecule has 3 N–H and O–H groups in total. The fraction of sp³-hybridized carbons (Fsp3) is 0.240. The van der Waals surface area contributed by atoms with E-state index in [1.54, 1.807) is 12.4 Å². The molecular formula is C25H27N7O. The number of hydrogen-bond acceptors (Lipinski definition) is 6. The largest absolute Gasteiger partial charge is 0.369 e. The Kier molecular flexibility index (Phi) is 5.43. The number of hydrogen-bond donors (Lipinski definition) is 2. The smallest absolute Gasteiger partial charge is 0.250 e. The van der Waals surface area contributed by atoms with Crippen molar-refractivity contribution >= 4 is 34.1 Å². The van der Waals surface area contributed by atoms with Crippen molar-refractivity contribution in [2.45, 2.75) is 6.92 Å². The predicted molar refractivity (Wildman–Crippen MR) is 132 cm³/mol. The number of amides is 1. The Bertz CT molecular complexity index is 1320. The topological polar surface area (TPSA) is 92.3 Å². The molecule has 0 unspecified atom stereocenters. The molecule has 1 aliphatic rings. The van der Waals surface area contributed by atoms with Gasteiger partial charge in [-0.2, -0.15) is 4.98 Å². The molecule has 3 heterocycles. The van der Waals surface area contributed by atoms with Crippen molar-refractivity contribution in [3.8, 4) is 5.82 Å². The van der Waals surface area contributed by atoms with Crippen molar-refractivity contribution in [3.05, 3.63) is 72.1 Å². The van der Waals surface area contributed by atoms with E-state index in [0.717, 1.165) is 48.3 Å². The number of aromatic nitrogens is 3. The molecule has 168 valence electrons. The number of likely N-dealkylation sites (N-methyl/N-ethyl adjacent to an activating group) is 1. The number of nitrogens with one attached hydrogen (secondary N) is 1. The molecule has 1 fully saturated rings. The highest BCUT2D eigenvalue weighted by atomic mass is 16.1. The maximum atomic E-state index is 12.0. The van der Waals surface area contributed by atoms with Crippen molar-refractivity contribution in [1.82, 2.24) is 19.4 Å². The first kappa shape index (κ1) is 21.0. The number of carbonyl (C=O) groups excluding carboxylic acids is 1. The number of rotatable bonds is 5. The molecular weight excluding hydrogens is 414 g/mol. The van der Waals surface area contributed by atoms with Crippen LogP contribution in [0.4, 0.5) is 17.3 Å². The van der Waals surface area contributed by atoms with Crippen LogP contribution in [0.25, 0.3) is 16.7 Å². The minimum atomic E-state index is -0.462. The lowest BCUT2D eigenvalue weighted by atomic mass is 10.2. The molecule has 2 aromatic heterocycles. The summed E-state index contributed by atoms with van der Waals surface area (Å²) in [5.41, 5.74) is 9.97. The predicted octanol–water partition coefficient (Wildman–Crippen LogP) is 3.32. The number of anilines is 3. The zero-order valence-corrected chi connectivity index (χ0v) is 18.8. The summed E-state index contributed by atoms with van der Waals surface area (Å²) in [4.78, 5) is 26.0. The summed E-state index contributed by atoms with van der Waals surface area (Å²) >= 11 is 0. The van der Waals surface area contributed by atoms with Crippen LogP contribution in [-0.4, -0.2) is 58.6 Å². The number of primary amides is 1. The van der Waals surface area contributed by atoms with Crippen molar-refractivity contribution in [3.63, 3.8) is 0 Å². The van der Waals surface area contributed by atoms with E-state index in [-0.39, 0.29) is 0 Å². The molecule has 0 bridgehead atoms. The summed E-state index contributed by atoms with van der Waals surface area (Å²) in [6.07, 6.45) is 3.54. The summed E-state index contributed by atoms with van der Waals surface area (Å²) in [6, 6.07) is 16.0. The van der Waals surface area contributed by atoms with E-state index in [1.807, 2.05) is 47.9 Å². The second-order valence-electron chi connectivity index (χ2n) is 8.46. The van der Waals surface area contributed by atoms with Crippen LogP contribution in [0.1, 0.15) is 15.9 Å². The zero-order chi connectivity index (χ0) is 22.9. The van der Waals surface area contributed by atoms with E-state index < -0.39 is 5.91 Å². The van der Waals surface area contributed by atoms with Crippen molar-refractivity contribution < 1.29 is 4.79 Å². The molecule has 2 aromatic carbocycles. The van der Waals surface area contributed by atoms with E-state index in [0.29, 0.717) is 17.3 Å². The molecule has 8 heteroatoms. The Balaban J connectivity index is 1.47. The molecule has 8 nitrogen and oxygen atoms in total. The van der Waals surface area contributed by atoms with Gasteiger partial charge in [-0.1, -0.05) is 24.3 Å². The van der Waals surface area contributed by atoms with Gasteiger partial charge >= 0.3 is 0 Å². The molecule has 5 rings (SSSR count). The standard InChI is InChI=1S/C25H27N7O/c1-17-15-27-25(28-18-6-5-7-19(14-18)31-12-10-30(2)11-13-31)29-24(17)32-16-21(23(26)33)20-8-3-4-9-22(20)32/h3-9,14-16H,10-13H2,1-2H3,(H2,26,33)(H,27,28,29). The number of fused-ring (bicyclic) bond motifs is 1. The Morgan fingerprint density at radius 1 is 1.06 bits per heavy atom. The lowest BCUT2D eigenvalue weighted by Gasteiger charge is -2.34. The van der Waals surface area contributed by atoms with Gasteiger partial charge in [-0.05, 0) is 38.2 Å². The quantitative estimate of drug-likeness (QED) is 0.494. The maximum absolute atomic E-state index is 12.0. The number of nitrogens with two attached hydrogens (primary N) is 1. The van der Waals surface area contributed by atoms with Gasteiger partial charge in [0.15, 0.2) is 0 Å². The van der Waals surface area contributed by atoms with E-state index in [9.17, 15) is 4.79 Å². The third kappa shape index (κ3) is 4.12. The number of carbonyl (C=O) groups is 1. The Morgan fingerprint density at radius 3 is 2.64 bits per heavy atom. The highest BCUT2D eigenvalue weighted by molar-refractivity contribution is 6.06. The maximum Gasteiger partial charge on any atom is 0.250 e. The van der Waals surface area contributed by atoms with Crippen molar-refractivity contribution in [2.24, 2.45) is 5.73 Å². The van der Waals surface area contributed by atoms with Gasteiger partial charge in [-0.3, -0.25) is 4.79 Å². The van der Waals surface area contributed by atoms with Gasteiger partial charge in [0.1, 0.15) is 5.82 Å². The molecule has 0 radical (unpaired) electrons. The SMILES string of the molecule is Cc1cnc(Nc2cccc(N3CCN(C)CC3)c2)nc1-n1cc(C(N)=O)c2ccccc21. The van der Waals surface area contributed by atoms with Gasteiger partial charge in [0.05, 0.1) is 11.1 Å². The summed E-state index contributed by atoms with van der Waals surface area (Å²) in [5, 5.41) is 4.15. The highest BCUT2D eigenvalue weighted by Gasteiger charge is 2.17. The van der Waals surface area contributed by atoms with E-state index in [1.165, 1.54) is 5.69 Å². The summed E-state index contributed by atoms with van der Waals surface area (Å²) in [7, 11) is 2.15. The summed E-state index contributed by atoms with van der Waals surface area (Å²) in [6.45, 7) is 6.08. The molecule has 0 aliphatic carbocycles. The number of para-hydroxylation sites is 1. The second kappa shape index (κ2) is 8.55. The van der Waals surface area contributed by atoms with Crippen LogP contribution in [0, 0.1) is 6.92 Å². The molecule has 0 atom stereocenters. The van der Waals surface area contributed by atoms with Crippen LogP contribution in [0.2, 0.25) is 0 Å². The van der Waals surface area contributed by atoms with Crippen LogP contribution < -0.4 is 16.0 Å². The van der Waals surface area contributed by atoms with Crippen LogP contribution >= 0.6 is 0 Å². The molecule has 4 aromatic rings. The Labute approximate surface area is 192 Å². The van der Waals surface area contributed by atoms with Crippen LogP contribution in [0.15, 0.2) is 60.9 Å². The average Bonchev–Trinajstić information content (AvgIpc) is 3.21. The minimum absolute atomic E-state index is 0.462. The van der Waals surface area contributed by atoms with Gasteiger partial charge in [0.25, 0.3) is 5.91 Å². The lowest BCUT2D eigenvalue weighted by Crippen LogP contribution is -2.44. The summed E-state index contributed by atoms with van der Waals surface area (Å²) in [5.74, 6) is 0.728. The van der Waals surface area contributed by atoms with Gasteiger partial charge < -0.3 is 25.4 Å². The van der Waals surface area contributed by atoms with Gasteiger partial charge in [0.2, 0.25) is 5.95 Å². The van der Waals surface area contributed by atoms with Gasteiger partial charge in [-0.25, -0.2) is 4.98 Å². The number of aryl methyl sites for hydroxylation is 1. The fourth-order valence-corrected chi connectivity index (χ4v) is 4.26. The highest BCUT2D eigenvalue weighted by Crippen LogP contribution is 2.27.